The molecule has 0 aliphatic carbocycles. The maximum absolute atomic E-state index is 13.5. The molecular formula is C18H18F3N3O3S. The third-order valence-electron chi connectivity index (χ3n) is 4.61. The van der Waals surface area contributed by atoms with Crippen molar-refractivity contribution < 1.29 is 26.9 Å². The van der Waals surface area contributed by atoms with Crippen LogP contribution in [0.3, 0.4) is 0 Å². The summed E-state index contributed by atoms with van der Waals surface area (Å²) in [4.78, 5) is 11.7. The minimum atomic E-state index is -4.47. The zero-order chi connectivity index (χ0) is 20.1. The topological polar surface area (TPSA) is 77.1 Å². The molecule has 28 heavy (non-hydrogen) atoms. The number of imidazole rings is 1. The van der Waals surface area contributed by atoms with Gasteiger partial charge in [-0.05, 0) is 34.6 Å². The number of alkyl halides is 3. The van der Waals surface area contributed by atoms with E-state index in [2.05, 4.69) is 15.0 Å². The summed E-state index contributed by atoms with van der Waals surface area (Å²) in [5.41, 5.74) is 2.67. The van der Waals surface area contributed by atoms with Gasteiger partial charge in [0.1, 0.15) is 16.5 Å². The monoisotopic (exact) mass is 413 g/mol. The van der Waals surface area contributed by atoms with Crippen molar-refractivity contribution in [1.82, 2.24) is 15.0 Å². The lowest BCUT2D eigenvalue weighted by molar-refractivity contribution is -0.153. The van der Waals surface area contributed by atoms with Crippen molar-refractivity contribution in [2.45, 2.75) is 29.7 Å². The fraction of sp³-hybridized carbons (Fsp3) is 0.333. The standard InChI is InChI=1S/C18H18F3N3O3S/c1-10-14(27-9-18(19,20)21)3-5-22-16(10)28(2,25)17-23-12-7-11-4-6-26-15(11)8-13(12)24-17/h3,5,7-8,28H,4,6,9H2,1-2H3,(H,23,24). The van der Waals surface area contributed by atoms with Gasteiger partial charge in [-0.25, -0.2) is 9.97 Å². The van der Waals surface area contributed by atoms with Gasteiger partial charge in [-0.2, -0.15) is 13.2 Å². The largest absolute Gasteiger partial charge is 0.493 e. The highest BCUT2D eigenvalue weighted by Crippen LogP contribution is 2.34. The highest BCUT2D eigenvalue weighted by atomic mass is 32.2. The van der Waals surface area contributed by atoms with E-state index in [1.165, 1.54) is 25.4 Å². The summed E-state index contributed by atoms with van der Waals surface area (Å²) in [5.74, 6) is 0.762. The Labute approximate surface area is 159 Å². The summed E-state index contributed by atoms with van der Waals surface area (Å²) in [6.07, 6.45) is -0.906. The number of hydrogen-bond donors (Lipinski definition) is 2. The Balaban J connectivity index is 1.72. The van der Waals surface area contributed by atoms with Crippen molar-refractivity contribution in [2.24, 2.45) is 0 Å². The van der Waals surface area contributed by atoms with Gasteiger partial charge < -0.3 is 14.5 Å². The van der Waals surface area contributed by atoms with Gasteiger partial charge in [0.05, 0.1) is 17.6 Å². The molecule has 150 valence electrons. The van der Waals surface area contributed by atoms with Gasteiger partial charge >= 0.3 is 6.18 Å². The predicted molar refractivity (Wildman–Crippen MR) is 97.8 cm³/mol. The second kappa shape index (κ2) is 6.47. The molecule has 3 aromatic rings. The van der Waals surface area contributed by atoms with Crippen LogP contribution in [0, 0.1) is 6.92 Å². The zero-order valence-electron chi connectivity index (χ0n) is 15.1. The normalized spacial score (nSPS) is 14.8. The summed E-state index contributed by atoms with van der Waals surface area (Å²) in [7, 11) is -3.30. The Kier molecular flexibility index (Phi) is 4.33. The number of pyridine rings is 1. The lowest BCUT2D eigenvalue weighted by Gasteiger charge is -2.19. The molecule has 0 amide bonds. The van der Waals surface area contributed by atoms with Crippen molar-refractivity contribution >= 4 is 21.0 Å². The van der Waals surface area contributed by atoms with Gasteiger partial charge in [-0.15, -0.1) is 0 Å². The fourth-order valence-electron chi connectivity index (χ4n) is 3.22. The van der Waals surface area contributed by atoms with Gasteiger partial charge in [0.25, 0.3) is 0 Å². The number of nitrogens with one attached hydrogen (secondary N) is 1. The molecule has 1 aliphatic rings. The predicted octanol–water partition coefficient (Wildman–Crippen LogP) is 3.21. The Hall–Kier alpha value is -2.62. The quantitative estimate of drug-likeness (QED) is 0.643. The fourth-order valence-corrected chi connectivity index (χ4v) is 5.09. The van der Waals surface area contributed by atoms with Crippen LogP contribution in [0.2, 0.25) is 0 Å². The molecule has 0 radical (unpaired) electrons. The number of hydrogen-bond acceptors (Lipinski definition) is 5. The number of H-pyrrole nitrogens is 1. The smallest absolute Gasteiger partial charge is 0.422 e. The lowest BCUT2D eigenvalue weighted by Crippen LogP contribution is -2.21. The summed E-state index contributed by atoms with van der Waals surface area (Å²) >= 11 is 0. The first kappa shape index (κ1) is 18.7. The number of halogens is 3. The van der Waals surface area contributed by atoms with E-state index in [4.69, 9.17) is 9.47 Å². The van der Waals surface area contributed by atoms with Crippen LogP contribution in [0.15, 0.2) is 34.6 Å². The van der Waals surface area contributed by atoms with E-state index >= 15 is 0 Å². The Bertz CT molecular complexity index is 1070. The molecule has 0 bridgehead atoms. The van der Waals surface area contributed by atoms with Crippen LogP contribution in [-0.4, -0.2) is 44.8 Å². The van der Waals surface area contributed by atoms with Crippen LogP contribution in [-0.2, 0) is 16.4 Å². The number of thiol groups is 1. The van der Waals surface area contributed by atoms with Gasteiger partial charge in [-0.1, -0.05) is 0 Å². The third-order valence-corrected chi connectivity index (χ3v) is 6.89. The summed E-state index contributed by atoms with van der Waals surface area (Å²) in [6.45, 7) is 0.728. The molecule has 6 nitrogen and oxygen atoms in total. The Morgan fingerprint density at radius 1 is 1.36 bits per heavy atom. The van der Waals surface area contributed by atoms with Crippen molar-refractivity contribution in [3.63, 3.8) is 0 Å². The molecule has 1 N–H and O–H groups in total. The van der Waals surface area contributed by atoms with Crippen LogP contribution in [0.5, 0.6) is 11.5 Å². The van der Waals surface area contributed by atoms with Gasteiger partial charge in [-0.3, -0.25) is 4.21 Å². The van der Waals surface area contributed by atoms with Crippen LogP contribution < -0.4 is 9.47 Å². The van der Waals surface area contributed by atoms with E-state index in [1.54, 1.807) is 0 Å². The average molecular weight is 413 g/mol. The number of ether oxygens (including phenoxy) is 2. The molecule has 2 aromatic heterocycles. The molecule has 0 saturated carbocycles. The minimum Gasteiger partial charge on any atom is -0.493 e. The van der Waals surface area contributed by atoms with E-state index in [0.29, 0.717) is 23.2 Å². The number of nitrogens with zero attached hydrogens (tertiary/aromatic N) is 2. The van der Waals surface area contributed by atoms with E-state index < -0.39 is 22.7 Å². The molecule has 10 heteroatoms. The van der Waals surface area contributed by atoms with Gasteiger partial charge in [0.2, 0.25) is 0 Å². The van der Waals surface area contributed by atoms with E-state index in [0.717, 1.165) is 17.7 Å². The molecule has 0 saturated heterocycles. The highest BCUT2D eigenvalue weighted by Gasteiger charge is 2.30. The van der Waals surface area contributed by atoms with Gasteiger partial charge in [0, 0.05) is 30.5 Å². The number of fused-ring (bicyclic) bond motifs is 2. The number of aromatic amines is 1. The Morgan fingerprint density at radius 3 is 2.89 bits per heavy atom. The molecule has 3 heterocycles. The zero-order valence-corrected chi connectivity index (χ0v) is 16.0. The molecule has 1 aliphatic heterocycles. The average Bonchev–Trinajstić information content (AvgIpc) is 3.23. The SMILES string of the molecule is Cc1c(OCC(F)(F)F)ccnc1[SH](C)(=O)c1nc2cc3c(cc2[nH]1)OCC3. The second-order valence-electron chi connectivity index (χ2n) is 6.72. The number of rotatable bonds is 4. The number of aromatic nitrogens is 3. The molecular weight excluding hydrogens is 395 g/mol. The van der Waals surface area contributed by atoms with E-state index in [9.17, 15) is 17.4 Å². The van der Waals surface area contributed by atoms with E-state index in [1.807, 2.05) is 12.1 Å². The Morgan fingerprint density at radius 2 is 2.14 bits per heavy atom. The van der Waals surface area contributed by atoms with Crippen molar-refractivity contribution in [1.29, 1.82) is 0 Å². The van der Waals surface area contributed by atoms with Crippen LogP contribution in [0.4, 0.5) is 13.2 Å². The molecule has 0 fully saturated rings. The molecule has 0 atom stereocenters. The summed E-state index contributed by atoms with van der Waals surface area (Å²) in [6, 6.07) is 5.03. The molecule has 1 aromatic carbocycles. The lowest BCUT2D eigenvalue weighted by atomic mass is 10.1. The highest BCUT2D eigenvalue weighted by molar-refractivity contribution is 8.02. The molecule has 0 unspecified atom stereocenters. The number of benzene rings is 1. The molecule has 4 rings (SSSR count). The summed E-state index contributed by atoms with van der Waals surface area (Å²) in [5, 5.41) is 0.393. The van der Waals surface area contributed by atoms with Crippen LogP contribution in [0.25, 0.3) is 11.0 Å². The first-order chi connectivity index (χ1) is 13.1. The first-order valence-electron chi connectivity index (χ1n) is 8.54. The van der Waals surface area contributed by atoms with Crippen molar-refractivity contribution in [2.75, 3.05) is 19.5 Å². The van der Waals surface area contributed by atoms with Crippen LogP contribution >= 0.6 is 0 Å². The maximum atomic E-state index is 13.5. The van der Waals surface area contributed by atoms with Crippen molar-refractivity contribution in [3.05, 3.63) is 35.5 Å². The maximum Gasteiger partial charge on any atom is 0.422 e. The third kappa shape index (κ3) is 3.32. The minimum absolute atomic E-state index is 0.00659. The van der Waals surface area contributed by atoms with Crippen LogP contribution in [0.1, 0.15) is 11.1 Å². The first-order valence-corrected chi connectivity index (χ1v) is 10.7. The summed E-state index contributed by atoms with van der Waals surface area (Å²) < 4.78 is 61.3. The molecule has 0 spiro atoms. The second-order valence-corrected chi connectivity index (χ2v) is 9.42. The van der Waals surface area contributed by atoms with E-state index in [-0.39, 0.29) is 15.9 Å². The van der Waals surface area contributed by atoms with Crippen molar-refractivity contribution in [3.8, 4) is 11.5 Å². The van der Waals surface area contributed by atoms with Gasteiger partial charge in [0.15, 0.2) is 11.8 Å².